The van der Waals surface area contributed by atoms with Gasteiger partial charge in [0.05, 0.1) is 0 Å². The van der Waals surface area contributed by atoms with Gasteiger partial charge in [0.1, 0.15) is 13.2 Å². The Hall–Kier alpha value is -1.59. The molecule has 0 amide bonds. The van der Waals surface area contributed by atoms with Crippen molar-refractivity contribution in [1.29, 1.82) is 0 Å². The van der Waals surface area contributed by atoms with Crippen LogP contribution >= 0.6 is 0 Å². The van der Waals surface area contributed by atoms with E-state index < -0.39 is 6.10 Å². The van der Waals surface area contributed by atoms with Crippen molar-refractivity contribution in [1.82, 2.24) is 0 Å². The van der Waals surface area contributed by atoms with Gasteiger partial charge in [-0.3, -0.25) is 14.4 Å². The number of hydrogen-bond acceptors (Lipinski definition) is 6. The van der Waals surface area contributed by atoms with Crippen molar-refractivity contribution in [2.24, 2.45) is 0 Å². The predicted octanol–water partition coefficient (Wildman–Crippen LogP) is 24.2. The molecule has 0 fully saturated rings. The molecule has 0 bridgehead atoms. The highest BCUT2D eigenvalue weighted by atomic mass is 16.6. The van der Waals surface area contributed by atoms with Crippen molar-refractivity contribution in [3.8, 4) is 0 Å². The average molecular weight is 1090 g/mol. The highest BCUT2D eigenvalue weighted by Crippen LogP contribution is 2.19. The molecule has 0 spiro atoms. The maximum atomic E-state index is 13.0. The maximum Gasteiger partial charge on any atom is 0.306 e. The molecule has 0 N–H and O–H groups in total. The summed E-state index contributed by atoms with van der Waals surface area (Å²) in [5, 5.41) is 0. The molecular formula is C71H138O6. The van der Waals surface area contributed by atoms with Crippen molar-refractivity contribution in [3.63, 3.8) is 0 Å². The molecule has 0 aromatic carbocycles. The van der Waals surface area contributed by atoms with E-state index in [-0.39, 0.29) is 31.1 Å². The lowest BCUT2D eigenvalue weighted by atomic mass is 10.0. The molecule has 0 aromatic rings. The van der Waals surface area contributed by atoms with Crippen LogP contribution in [0.25, 0.3) is 0 Å². The van der Waals surface area contributed by atoms with Gasteiger partial charge in [0.15, 0.2) is 6.10 Å². The molecule has 6 nitrogen and oxygen atoms in total. The summed E-state index contributed by atoms with van der Waals surface area (Å²) in [4.78, 5) is 38.5. The highest BCUT2D eigenvalue weighted by Gasteiger charge is 2.19. The quantitative estimate of drug-likeness (QED) is 0.0343. The van der Waals surface area contributed by atoms with Crippen LogP contribution in [0.3, 0.4) is 0 Å². The summed E-state index contributed by atoms with van der Waals surface area (Å²) in [6.45, 7) is 6.75. The highest BCUT2D eigenvalue weighted by molar-refractivity contribution is 5.71. The Morgan fingerprint density at radius 1 is 0.208 bits per heavy atom. The summed E-state index contributed by atoms with van der Waals surface area (Å²) in [5.41, 5.74) is 0. The summed E-state index contributed by atoms with van der Waals surface area (Å²) in [5.74, 6) is -0.817. The maximum absolute atomic E-state index is 13.0. The van der Waals surface area contributed by atoms with E-state index >= 15 is 0 Å². The van der Waals surface area contributed by atoms with Crippen LogP contribution in [0.1, 0.15) is 419 Å². The first kappa shape index (κ1) is 75.4. The molecule has 1 atom stereocenters. The number of carbonyl (C=O) groups is 3. The zero-order valence-corrected chi connectivity index (χ0v) is 52.8. The Balaban J connectivity index is 4.26. The van der Waals surface area contributed by atoms with E-state index in [1.54, 1.807) is 0 Å². The van der Waals surface area contributed by atoms with E-state index in [0.29, 0.717) is 19.3 Å². The van der Waals surface area contributed by atoms with Crippen molar-refractivity contribution >= 4 is 17.9 Å². The third-order valence-corrected chi connectivity index (χ3v) is 16.6. The van der Waals surface area contributed by atoms with Crippen LogP contribution in [0.15, 0.2) is 0 Å². The number of hydrogen-bond donors (Lipinski definition) is 0. The van der Waals surface area contributed by atoms with Gasteiger partial charge in [-0.2, -0.15) is 0 Å². The molecule has 77 heavy (non-hydrogen) atoms. The van der Waals surface area contributed by atoms with Crippen molar-refractivity contribution in [2.45, 2.75) is 425 Å². The third-order valence-electron chi connectivity index (χ3n) is 16.6. The SMILES string of the molecule is CCCCCCCCCCCCCCCCCCCCCCCC(=O)OCC(COC(=O)CCCCCCCCCCCCCCCCCCCCC)OC(=O)CCCCCCCCCCCCCCCCCCCCC. The lowest BCUT2D eigenvalue weighted by molar-refractivity contribution is -0.167. The van der Waals surface area contributed by atoms with Gasteiger partial charge in [-0.25, -0.2) is 0 Å². The first-order chi connectivity index (χ1) is 38.0. The fourth-order valence-corrected chi connectivity index (χ4v) is 11.3. The van der Waals surface area contributed by atoms with Crippen molar-refractivity contribution < 1.29 is 28.6 Å². The predicted molar refractivity (Wildman–Crippen MR) is 335 cm³/mol. The van der Waals surface area contributed by atoms with E-state index in [4.69, 9.17) is 14.2 Å². The second-order valence-electron chi connectivity index (χ2n) is 24.5. The van der Waals surface area contributed by atoms with Crippen LogP contribution in [0.5, 0.6) is 0 Å². The molecule has 6 heteroatoms. The van der Waals surface area contributed by atoms with Crippen LogP contribution in [-0.4, -0.2) is 37.2 Å². The smallest absolute Gasteiger partial charge is 0.306 e. The second-order valence-corrected chi connectivity index (χ2v) is 24.5. The zero-order valence-electron chi connectivity index (χ0n) is 52.8. The van der Waals surface area contributed by atoms with Gasteiger partial charge in [-0.1, -0.05) is 380 Å². The van der Waals surface area contributed by atoms with Crippen LogP contribution in [0.4, 0.5) is 0 Å². The minimum atomic E-state index is -0.763. The normalized spacial score (nSPS) is 11.9. The first-order valence-corrected chi connectivity index (χ1v) is 35.5. The second kappa shape index (κ2) is 66.9. The fourth-order valence-electron chi connectivity index (χ4n) is 11.3. The number of esters is 3. The van der Waals surface area contributed by atoms with Gasteiger partial charge < -0.3 is 14.2 Å². The van der Waals surface area contributed by atoms with E-state index in [2.05, 4.69) is 20.8 Å². The largest absolute Gasteiger partial charge is 0.462 e. The molecule has 0 aromatic heterocycles. The summed E-state index contributed by atoms with van der Waals surface area (Å²) >= 11 is 0. The summed E-state index contributed by atoms with van der Waals surface area (Å²) < 4.78 is 17.0. The molecule has 458 valence electrons. The lowest BCUT2D eigenvalue weighted by Gasteiger charge is -2.18. The third kappa shape index (κ3) is 65.1. The Morgan fingerprint density at radius 3 is 0.519 bits per heavy atom. The van der Waals surface area contributed by atoms with Crippen molar-refractivity contribution in [2.75, 3.05) is 13.2 Å². The summed E-state index contributed by atoms with van der Waals surface area (Å²) in [7, 11) is 0. The van der Waals surface area contributed by atoms with Gasteiger partial charge in [0.2, 0.25) is 0 Å². The fraction of sp³-hybridized carbons (Fsp3) is 0.958. The van der Waals surface area contributed by atoms with Gasteiger partial charge in [0, 0.05) is 19.3 Å². The Labute approximate surface area is 482 Å². The summed E-state index contributed by atoms with van der Waals surface area (Å²) in [6, 6.07) is 0. The Kier molecular flexibility index (Phi) is 65.5. The van der Waals surface area contributed by atoms with Gasteiger partial charge >= 0.3 is 17.9 Å². The van der Waals surface area contributed by atoms with E-state index in [0.717, 1.165) is 57.8 Å². The van der Waals surface area contributed by atoms with Crippen LogP contribution in [-0.2, 0) is 28.6 Å². The first-order valence-electron chi connectivity index (χ1n) is 35.5. The monoisotopic (exact) mass is 1090 g/mol. The van der Waals surface area contributed by atoms with Crippen LogP contribution in [0.2, 0.25) is 0 Å². The molecular weight excluding hydrogens is 949 g/mol. The number of unbranched alkanes of at least 4 members (excludes halogenated alkanes) is 56. The van der Waals surface area contributed by atoms with Crippen molar-refractivity contribution in [3.05, 3.63) is 0 Å². The average Bonchev–Trinajstić information content (AvgIpc) is 3.43. The molecule has 0 radical (unpaired) electrons. The van der Waals surface area contributed by atoms with E-state index in [1.165, 1.54) is 321 Å². The Bertz CT molecular complexity index is 1160. The van der Waals surface area contributed by atoms with Gasteiger partial charge in [-0.05, 0) is 19.3 Å². The molecule has 0 aliphatic rings. The van der Waals surface area contributed by atoms with Crippen LogP contribution in [0, 0.1) is 0 Å². The lowest BCUT2D eigenvalue weighted by Crippen LogP contribution is -2.30. The van der Waals surface area contributed by atoms with Gasteiger partial charge in [-0.15, -0.1) is 0 Å². The number of rotatable bonds is 67. The molecule has 0 saturated heterocycles. The Morgan fingerprint density at radius 2 is 0.351 bits per heavy atom. The zero-order chi connectivity index (χ0) is 55.7. The minimum absolute atomic E-state index is 0.0600. The molecule has 0 heterocycles. The number of carbonyl (C=O) groups excluding carboxylic acids is 3. The molecule has 1 unspecified atom stereocenters. The van der Waals surface area contributed by atoms with E-state index in [9.17, 15) is 14.4 Å². The summed E-state index contributed by atoms with van der Waals surface area (Å²) in [6.07, 6.45) is 78.4. The van der Waals surface area contributed by atoms with Crippen LogP contribution < -0.4 is 0 Å². The molecule has 0 aliphatic heterocycles. The standard InChI is InChI=1S/C71H138O6/c1-4-7-10-13-16-19-22-25-28-31-34-35-38-40-43-46-49-52-55-58-61-64-70(73)76-67-68(77-71(74)65-62-59-56-53-50-47-44-41-37-33-30-27-24-21-18-15-12-9-6-3)66-75-69(72)63-60-57-54-51-48-45-42-39-36-32-29-26-23-20-17-14-11-8-5-2/h68H,4-67H2,1-3H3. The number of ether oxygens (including phenoxy) is 3. The topological polar surface area (TPSA) is 78.9 Å². The molecule has 0 rings (SSSR count). The van der Waals surface area contributed by atoms with Gasteiger partial charge in [0.25, 0.3) is 0 Å². The molecule has 0 aliphatic carbocycles. The minimum Gasteiger partial charge on any atom is -0.462 e. The van der Waals surface area contributed by atoms with E-state index in [1.807, 2.05) is 0 Å². The molecule has 0 saturated carbocycles.